The molecule has 0 aliphatic heterocycles. The molecule has 1 atom stereocenters. The van der Waals surface area contributed by atoms with Crippen molar-refractivity contribution in [2.75, 3.05) is 0 Å². The van der Waals surface area contributed by atoms with E-state index < -0.39 is 0 Å². The Kier molecular flexibility index (Phi) is 4.73. The molecule has 0 unspecified atom stereocenters. The van der Waals surface area contributed by atoms with Gasteiger partial charge in [-0.25, -0.2) is 0 Å². The average molecular weight is 233 g/mol. The van der Waals surface area contributed by atoms with Crippen molar-refractivity contribution < 1.29 is 5.11 Å². The number of halogens is 2. The molecule has 78 valence electrons. The Morgan fingerprint density at radius 1 is 1.21 bits per heavy atom. The largest absolute Gasteiger partial charge is 0.393 e. The van der Waals surface area contributed by atoms with Crippen molar-refractivity contribution in [3.63, 3.8) is 0 Å². The maximum atomic E-state index is 9.60. The van der Waals surface area contributed by atoms with E-state index in [1.807, 2.05) is 19.1 Å². The summed E-state index contributed by atoms with van der Waals surface area (Å²) in [4.78, 5) is 0. The molecule has 1 aromatic carbocycles. The van der Waals surface area contributed by atoms with Crippen LogP contribution in [-0.2, 0) is 6.42 Å². The van der Waals surface area contributed by atoms with Gasteiger partial charge in [0, 0.05) is 10.0 Å². The second-order valence-electron chi connectivity index (χ2n) is 3.42. The molecule has 1 aromatic rings. The van der Waals surface area contributed by atoms with Crippen molar-refractivity contribution in [2.24, 2.45) is 0 Å². The van der Waals surface area contributed by atoms with E-state index in [1.54, 1.807) is 6.07 Å². The molecule has 14 heavy (non-hydrogen) atoms. The van der Waals surface area contributed by atoms with Crippen LogP contribution in [0.1, 0.15) is 25.3 Å². The number of benzene rings is 1. The lowest BCUT2D eigenvalue weighted by molar-refractivity contribution is 0.164. The van der Waals surface area contributed by atoms with Crippen LogP contribution in [0.3, 0.4) is 0 Å². The zero-order valence-corrected chi connectivity index (χ0v) is 9.65. The molecule has 0 aromatic heterocycles. The lowest BCUT2D eigenvalue weighted by Crippen LogP contribution is -2.09. The first-order valence-electron chi connectivity index (χ1n) is 4.75. The van der Waals surface area contributed by atoms with Gasteiger partial charge in [0.2, 0.25) is 0 Å². The summed E-state index contributed by atoms with van der Waals surface area (Å²) >= 11 is 11.7. The lowest BCUT2D eigenvalue weighted by Gasteiger charge is -2.09. The second kappa shape index (κ2) is 5.59. The van der Waals surface area contributed by atoms with Crippen LogP contribution in [0, 0.1) is 0 Å². The highest BCUT2D eigenvalue weighted by Gasteiger charge is 2.05. The van der Waals surface area contributed by atoms with Crippen LogP contribution in [0.4, 0.5) is 0 Å². The van der Waals surface area contributed by atoms with Gasteiger partial charge in [0.15, 0.2) is 0 Å². The third-order valence-corrected chi connectivity index (χ3v) is 2.45. The van der Waals surface area contributed by atoms with Crippen LogP contribution >= 0.6 is 23.2 Å². The Morgan fingerprint density at radius 2 is 1.79 bits per heavy atom. The van der Waals surface area contributed by atoms with Gasteiger partial charge in [-0.1, -0.05) is 36.5 Å². The molecule has 0 radical (unpaired) electrons. The monoisotopic (exact) mass is 232 g/mol. The number of aliphatic hydroxyl groups is 1. The normalized spacial score (nSPS) is 12.9. The number of aliphatic hydroxyl groups excluding tert-OH is 1. The van der Waals surface area contributed by atoms with Gasteiger partial charge in [-0.2, -0.15) is 0 Å². The molecule has 0 aliphatic carbocycles. The van der Waals surface area contributed by atoms with E-state index in [0.29, 0.717) is 16.5 Å². The quantitative estimate of drug-likeness (QED) is 0.840. The predicted octanol–water partition coefficient (Wildman–Crippen LogP) is 3.70. The van der Waals surface area contributed by atoms with Gasteiger partial charge in [0.05, 0.1) is 6.10 Å². The summed E-state index contributed by atoms with van der Waals surface area (Å²) in [5.74, 6) is 0. The third-order valence-electron chi connectivity index (χ3n) is 2.02. The molecule has 0 heterocycles. The maximum Gasteiger partial charge on any atom is 0.0580 e. The van der Waals surface area contributed by atoms with Gasteiger partial charge in [-0.05, 0) is 36.6 Å². The summed E-state index contributed by atoms with van der Waals surface area (Å²) < 4.78 is 0. The molecule has 1 rings (SSSR count). The molecule has 0 fully saturated rings. The van der Waals surface area contributed by atoms with Crippen molar-refractivity contribution in [1.82, 2.24) is 0 Å². The van der Waals surface area contributed by atoms with Crippen molar-refractivity contribution in [3.8, 4) is 0 Å². The van der Waals surface area contributed by atoms with Crippen LogP contribution in [0.25, 0.3) is 0 Å². The fourth-order valence-corrected chi connectivity index (χ4v) is 2.01. The highest BCUT2D eigenvalue weighted by molar-refractivity contribution is 6.34. The van der Waals surface area contributed by atoms with E-state index in [4.69, 9.17) is 23.2 Å². The molecule has 1 N–H and O–H groups in total. The minimum atomic E-state index is -0.297. The summed E-state index contributed by atoms with van der Waals surface area (Å²) in [6.07, 6.45) is 2.11. The van der Waals surface area contributed by atoms with Gasteiger partial charge in [0.25, 0.3) is 0 Å². The zero-order chi connectivity index (χ0) is 10.6. The molecule has 1 nitrogen and oxygen atoms in total. The van der Waals surface area contributed by atoms with E-state index in [2.05, 4.69) is 0 Å². The first-order valence-corrected chi connectivity index (χ1v) is 5.50. The molecule has 3 heteroatoms. The molecule has 0 spiro atoms. The van der Waals surface area contributed by atoms with Crippen LogP contribution in [0.15, 0.2) is 18.2 Å². The summed E-state index contributed by atoms with van der Waals surface area (Å²) in [6, 6.07) is 5.37. The van der Waals surface area contributed by atoms with Gasteiger partial charge >= 0.3 is 0 Å². The number of rotatable bonds is 4. The van der Waals surface area contributed by atoms with Crippen molar-refractivity contribution in [3.05, 3.63) is 33.8 Å². The molecular formula is C11H14Cl2O. The molecule has 0 saturated carbocycles. The maximum absolute atomic E-state index is 9.60. The van der Waals surface area contributed by atoms with Gasteiger partial charge in [0.1, 0.15) is 0 Å². The second-order valence-corrected chi connectivity index (χ2v) is 4.30. The van der Waals surface area contributed by atoms with E-state index in [-0.39, 0.29) is 6.10 Å². The van der Waals surface area contributed by atoms with Crippen LogP contribution in [0.2, 0.25) is 10.0 Å². The number of hydrogen-bond acceptors (Lipinski definition) is 1. The highest BCUT2D eigenvalue weighted by Crippen LogP contribution is 2.20. The summed E-state index contributed by atoms with van der Waals surface area (Å²) in [7, 11) is 0. The van der Waals surface area contributed by atoms with Crippen molar-refractivity contribution in [1.29, 1.82) is 0 Å². The van der Waals surface area contributed by atoms with Gasteiger partial charge < -0.3 is 5.11 Å². The Bertz CT molecular complexity index is 279. The minimum Gasteiger partial charge on any atom is -0.393 e. The van der Waals surface area contributed by atoms with Crippen LogP contribution < -0.4 is 0 Å². The topological polar surface area (TPSA) is 20.2 Å². The molecule has 0 aliphatic rings. The zero-order valence-electron chi connectivity index (χ0n) is 8.13. The highest BCUT2D eigenvalue weighted by atomic mass is 35.5. The average Bonchev–Trinajstić information content (AvgIpc) is 2.01. The summed E-state index contributed by atoms with van der Waals surface area (Å²) in [5.41, 5.74) is 0.989. The van der Waals surface area contributed by atoms with Crippen molar-refractivity contribution in [2.45, 2.75) is 32.3 Å². The fraction of sp³-hybridized carbons (Fsp3) is 0.455. The summed E-state index contributed by atoms with van der Waals surface area (Å²) in [5, 5.41) is 10.8. The van der Waals surface area contributed by atoms with Gasteiger partial charge in [-0.15, -0.1) is 0 Å². The Balaban J connectivity index is 2.66. The Morgan fingerprint density at radius 3 is 2.29 bits per heavy atom. The Labute approximate surface area is 94.7 Å². The van der Waals surface area contributed by atoms with Crippen LogP contribution in [-0.4, -0.2) is 11.2 Å². The van der Waals surface area contributed by atoms with E-state index >= 15 is 0 Å². The lowest BCUT2D eigenvalue weighted by atomic mass is 10.0. The van der Waals surface area contributed by atoms with Crippen LogP contribution in [0.5, 0.6) is 0 Å². The third kappa shape index (κ3) is 3.87. The molecule has 0 bridgehead atoms. The Hall–Kier alpha value is -0.240. The SMILES string of the molecule is CCC[C@H](O)Cc1cc(Cl)cc(Cl)c1. The predicted molar refractivity (Wildman–Crippen MR) is 61.1 cm³/mol. The molecule has 0 saturated heterocycles. The minimum absolute atomic E-state index is 0.297. The molecule has 0 amide bonds. The fourth-order valence-electron chi connectivity index (χ4n) is 1.44. The van der Waals surface area contributed by atoms with Crippen molar-refractivity contribution >= 4 is 23.2 Å². The van der Waals surface area contributed by atoms with Gasteiger partial charge in [-0.3, -0.25) is 0 Å². The standard InChI is InChI=1S/C11H14Cl2O/c1-2-3-11(14)6-8-4-9(12)7-10(13)5-8/h4-5,7,11,14H,2-3,6H2,1H3/t11-/m0/s1. The molecular weight excluding hydrogens is 219 g/mol. The van der Waals surface area contributed by atoms with E-state index in [9.17, 15) is 5.11 Å². The van der Waals surface area contributed by atoms with E-state index in [0.717, 1.165) is 18.4 Å². The first-order chi connectivity index (χ1) is 6.61. The smallest absolute Gasteiger partial charge is 0.0580 e. The van der Waals surface area contributed by atoms with E-state index in [1.165, 1.54) is 0 Å². The first kappa shape index (κ1) is 11.8. The number of hydrogen-bond donors (Lipinski definition) is 1. The summed E-state index contributed by atoms with van der Waals surface area (Å²) in [6.45, 7) is 2.05.